The van der Waals surface area contributed by atoms with Crippen molar-refractivity contribution in [2.75, 3.05) is 31.0 Å². The number of hydrogen-bond donors (Lipinski definition) is 2. The van der Waals surface area contributed by atoms with Crippen molar-refractivity contribution < 1.29 is 23.4 Å². The molecule has 1 atom stereocenters. The van der Waals surface area contributed by atoms with Crippen LogP contribution in [0.3, 0.4) is 0 Å². The SMILES string of the molecule is COc1ccc(/C=C/C(=O)Nc2cc3c(Nc4ccc(F)c(Cl)c4)ncnc3cc2O[C@H]2CCOC2)cc1. The lowest BCUT2D eigenvalue weighted by molar-refractivity contribution is -0.111. The lowest BCUT2D eigenvalue weighted by Gasteiger charge is -2.17. The molecule has 10 heteroatoms. The summed E-state index contributed by atoms with van der Waals surface area (Å²) in [5.41, 5.74) is 2.44. The second-order valence-corrected chi connectivity index (χ2v) is 8.95. The minimum atomic E-state index is -0.518. The summed E-state index contributed by atoms with van der Waals surface area (Å²) in [5.74, 6) is 0.792. The van der Waals surface area contributed by atoms with E-state index in [4.69, 9.17) is 25.8 Å². The van der Waals surface area contributed by atoms with Gasteiger partial charge in [0.15, 0.2) is 0 Å². The van der Waals surface area contributed by atoms with Crippen LogP contribution in [0.1, 0.15) is 12.0 Å². The minimum absolute atomic E-state index is 0.0144. The van der Waals surface area contributed by atoms with E-state index in [0.29, 0.717) is 47.1 Å². The minimum Gasteiger partial charge on any atom is -0.497 e. The van der Waals surface area contributed by atoms with Crippen molar-refractivity contribution in [3.05, 3.63) is 83.4 Å². The fraction of sp³-hybridized carbons (Fsp3) is 0.179. The molecule has 0 aliphatic carbocycles. The Morgan fingerprint density at radius 1 is 1.16 bits per heavy atom. The third kappa shape index (κ3) is 6.01. The molecule has 1 aromatic heterocycles. The van der Waals surface area contributed by atoms with Crippen molar-refractivity contribution in [1.82, 2.24) is 9.97 Å². The fourth-order valence-electron chi connectivity index (χ4n) is 3.94. The Hall–Kier alpha value is -4.21. The molecule has 1 saturated heterocycles. The Bertz CT molecular complexity index is 1490. The molecular weight excluding hydrogens is 511 g/mol. The number of methoxy groups -OCH3 is 1. The standard InChI is InChI=1S/C28H24ClFN4O4/c1-36-19-6-2-17(3-7-19)4-9-27(35)34-25-13-21-24(14-26(25)38-20-10-11-37-15-20)31-16-32-28(21)33-18-5-8-23(30)22(29)12-18/h2-9,12-14,16,20H,10-11,15H2,1H3,(H,34,35)(H,31,32,33)/b9-4+/t20-/m0/s1. The number of rotatable bonds is 8. The van der Waals surface area contributed by atoms with Crippen LogP contribution in [0.25, 0.3) is 17.0 Å². The van der Waals surface area contributed by atoms with Gasteiger partial charge in [-0.15, -0.1) is 0 Å². The second kappa shape index (κ2) is 11.5. The summed E-state index contributed by atoms with van der Waals surface area (Å²) >= 11 is 5.94. The van der Waals surface area contributed by atoms with Gasteiger partial charge in [-0.2, -0.15) is 0 Å². The Labute approximate surface area is 223 Å². The van der Waals surface area contributed by atoms with Crippen LogP contribution < -0.4 is 20.1 Å². The van der Waals surface area contributed by atoms with E-state index in [0.717, 1.165) is 17.7 Å². The molecule has 1 fully saturated rings. The predicted molar refractivity (Wildman–Crippen MR) is 145 cm³/mol. The molecule has 3 aromatic carbocycles. The molecule has 1 aliphatic heterocycles. The van der Waals surface area contributed by atoms with Crippen molar-refractivity contribution in [3.63, 3.8) is 0 Å². The zero-order chi connectivity index (χ0) is 26.5. The summed E-state index contributed by atoms with van der Waals surface area (Å²) in [7, 11) is 1.60. The van der Waals surface area contributed by atoms with E-state index in [2.05, 4.69) is 20.6 Å². The highest BCUT2D eigenvalue weighted by Gasteiger charge is 2.21. The molecule has 8 nitrogen and oxygen atoms in total. The number of nitrogens with one attached hydrogen (secondary N) is 2. The first-order valence-electron chi connectivity index (χ1n) is 11.9. The highest BCUT2D eigenvalue weighted by molar-refractivity contribution is 6.31. The summed E-state index contributed by atoms with van der Waals surface area (Å²) in [6.45, 7) is 1.08. The molecule has 194 valence electrons. The van der Waals surface area contributed by atoms with Gasteiger partial charge in [0.1, 0.15) is 35.6 Å². The monoisotopic (exact) mass is 534 g/mol. The molecule has 2 N–H and O–H groups in total. The molecule has 38 heavy (non-hydrogen) atoms. The number of benzene rings is 3. The number of hydrogen-bond acceptors (Lipinski definition) is 7. The highest BCUT2D eigenvalue weighted by atomic mass is 35.5. The van der Waals surface area contributed by atoms with Gasteiger partial charge in [0.2, 0.25) is 5.91 Å². The topological polar surface area (TPSA) is 94.6 Å². The van der Waals surface area contributed by atoms with Crippen LogP contribution in [0, 0.1) is 5.82 Å². The Kier molecular flexibility index (Phi) is 7.67. The number of aromatic nitrogens is 2. The summed E-state index contributed by atoms with van der Waals surface area (Å²) in [5, 5.41) is 6.66. The zero-order valence-electron chi connectivity index (χ0n) is 20.4. The molecule has 0 unspecified atom stereocenters. The lowest BCUT2D eigenvalue weighted by atomic mass is 10.1. The van der Waals surface area contributed by atoms with Crippen LogP contribution in [-0.4, -0.2) is 42.3 Å². The van der Waals surface area contributed by atoms with Gasteiger partial charge >= 0.3 is 0 Å². The summed E-state index contributed by atoms with van der Waals surface area (Å²) < 4.78 is 30.4. The van der Waals surface area contributed by atoms with Gasteiger partial charge in [0.25, 0.3) is 0 Å². The molecule has 0 saturated carbocycles. The van der Waals surface area contributed by atoms with Crippen LogP contribution in [0.5, 0.6) is 11.5 Å². The van der Waals surface area contributed by atoms with E-state index < -0.39 is 5.82 Å². The Morgan fingerprint density at radius 3 is 2.74 bits per heavy atom. The molecule has 4 aromatic rings. The molecule has 1 amide bonds. The summed E-state index contributed by atoms with van der Waals surface area (Å²) in [6.07, 6.45) is 5.16. The number of amides is 1. The van der Waals surface area contributed by atoms with Gasteiger partial charge in [-0.3, -0.25) is 4.79 Å². The van der Waals surface area contributed by atoms with Crippen LogP contribution in [0.4, 0.5) is 21.6 Å². The van der Waals surface area contributed by atoms with Crippen LogP contribution in [0.15, 0.2) is 67.0 Å². The van der Waals surface area contributed by atoms with Gasteiger partial charge in [-0.25, -0.2) is 14.4 Å². The van der Waals surface area contributed by atoms with Crippen molar-refractivity contribution in [2.45, 2.75) is 12.5 Å². The molecule has 2 heterocycles. The van der Waals surface area contributed by atoms with Crippen LogP contribution >= 0.6 is 11.6 Å². The van der Waals surface area contributed by atoms with Gasteiger partial charge in [0, 0.05) is 29.6 Å². The molecule has 5 rings (SSSR count). The normalized spacial score (nSPS) is 15.1. The number of anilines is 3. The van der Waals surface area contributed by atoms with E-state index in [-0.39, 0.29) is 17.0 Å². The average molecular weight is 535 g/mol. The van der Waals surface area contributed by atoms with E-state index in [9.17, 15) is 9.18 Å². The molecule has 0 radical (unpaired) electrons. The van der Waals surface area contributed by atoms with Gasteiger partial charge in [0.05, 0.1) is 36.6 Å². The highest BCUT2D eigenvalue weighted by Crippen LogP contribution is 2.35. The average Bonchev–Trinajstić information content (AvgIpc) is 3.44. The predicted octanol–water partition coefficient (Wildman–Crippen LogP) is 5.99. The summed E-state index contributed by atoms with van der Waals surface area (Å²) in [6, 6.07) is 15.1. The molecule has 1 aliphatic rings. The number of carbonyl (C=O) groups excluding carboxylic acids is 1. The lowest BCUT2D eigenvalue weighted by Crippen LogP contribution is -2.18. The zero-order valence-corrected chi connectivity index (χ0v) is 21.2. The van der Waals surface area contributed by atoms with E-state index >= 15 is 0 Å². The van der Waals surface area contributed by atoms with Gasteiger partial charge in [-0.1, -0.05) is 23.7 Å². The van der Waals surface area contributed by atoms with Gasteiger partial charge in [-0.05, 0) is 48.0 Å². The van der Waals surface area contributed by atoms with Crippen LogP contribution in [0.2, 0.25) is 5.02 Å². The first-order valence-corrected chi connectivity index (χ1v) is 12.2. The smallest absolute Gasteiger partial charge is 0.248 e. The van der Waals surface area contributed by atoms with Crippen molar-refractivity contribution in [3.8, 4) is 11.5 Å². The molecule has 0 bridgehead atoms. The number of nitrogens with zero attached hydrogens (tertiary/aromatic N) is 2. The maximum absolute atomic E-state index is 13.6. The van der Waals surface area contributed by atoms with Crippen LogP contribution in [-0.2, 0) is 9.53 Å². The maximum atomic E-state index is 13.6. The largest absolute Gasteiger partial charge is 0.497 e. The number of ether oxygens (including phenoxy) is 3. The quantitative estimate of drug-likeness (QED) is 0.268. The van der Waals surface area contributed by atoms with Crippen molar-refractivity contribution in [1.29, 1.82) is 0 Å². The molecule has 0 spiro atoms. The number of halogens is 2. The number of carbonyl (C=O) groups is 1. The molecular formula is C28H24ClFN4O4. The first-order chi connectivity index (χ1) is 18.5. The van der Waals surface area contributed by atoms with Crippen molar-refractivity contribution in [2.24, 2.45) is 0 Å². The fourth-order valence-corrected chi connectivity index (χ4v) is 4.12. The summed E-state index contributed by atoms with van der Waals surface area (Å²) in [4.78, 5) is 21.6. The first kappa shape index (κ1) is 25.4. The van der Waals surface area contributed by atoms with E-state index in [1.807, 2.05) is 24.3 Å². The third-order valence-corrected chi connectivity index (χ3v) is 6.19. The Morgan fingerprint density at radius 2 is 2.00 bits per heavy atom. The Balaban J connectivity index is 1.45. The van der Waals surface area contributed by atoms with Crippen molar-refractivity contribution >= 4 is 51.7 Å². The van der Waals surface area contributed by atoms with Gasteiger partial charge < -0.3 is 24.8 Å². The third-order valence-electron chi connectivity index (χ3n) is 5.90. The number of fused-ring (bicyclic) bond motifs is 1. The van der Waals surface area contributed by atoms with E-state index in [1.54, 1.807) is 31.4 Å². The second-order valence-electron chi connectivity index (χ2n) is 8.54. The maximum Gasteiger partial charge on any atom is 0.248 e. The van der Waals surface area contributed by atoms with E-state index in [1.165, 1.54) is 24.5 Å².